The Labute approximate surface area is 179 Å². The first-order valence-corrected chi connectivity index (χ1v) is 10.6. The third-order valence-corrected chi connectivity index (χ3v) is 5.13. The van der Waals surface area contributed by atoms with Crippen LogP contribution in [0.15, 0.2) is 46.1 Å². The lowest BCUT2D eigenvalue weighted by atomic mass is 10.1. The topological polar surface area (TPSA) is 88.1 Å². The number of carbonyl (C=O) groups excluding carboxylic acids is 1. The number of fused-ring (bicyclic) bond motifs is 1. The third-order valence-electron chi connectivity index (χ3n) is 5.13. The van der Waals surface area contributed by atoms with E-state index in [1.165, 1.54) is 29.0 Å². The van der Waals surface area contributed by atoms with Gasteiger partial charge in [-0.05, 0) is 36.6 Å². The number of carbonyl (C=O) groups is 1. The molecule has 0 saturated carbocycles. The Morgan fingerprint density at radius 1 is 1.13 bits per heavy atom. The molecule has 164 valence electrons. The summed E-state index contributed by atoms with van der Waals surface area (Å²) in [7, 11) is 0. The van der Waals surface area contributed by atoms with Crippen molar-refractivity contribution < 1.29 is 9.18 Å². The summed E-state index contributed by atoms with van der Waals surface area (Å²) < 4.78 is 14.7. The molecule has 0 aliphatic heterocycles. The van der Waals surface area contributed by atoms with Crippen LogP contribution >= 0.6 is 0 Å². The summed E-state index contributed by atoms with van der Waals surface area (Å²) in [6.07, 6.45) is 4.94. The van der Waals surface area contributed by atoms with Crippen molar-refractivity contribution in [2.24, 2.45) is 0 Å². The first-order valence-electron chi connectivity index (χ1n) is 10.6. The molecule has 2 aromatic heterocycles. The van der Waals surface area contributed by atoms with E-state index in [2.05, 4.69) is 16.9 Å². The minimum atomic E-state index is -0.564. The fourth-order valence-corrected chi connectivity index (χ4v) is 3.51. The summed E-state index contributed by atoms with van der Waals surface area (Å²) in [4.78, 5) is 46.0. The second-order valence-corrected chi connectivity index (χ2v) is 7.57. The van der Waals surface area contributed by atoms with Gasteiger partial charge < -0.3 is 4.90 Å². The zero-order valence-electron chi connectivity index (χ0n) is 17.9. The van der Waals surface area contributed by atoms with Crippen molar-refractivity contribution in [3.63, 3.8) is 0 Å². The van der Waals surface area contributed by atoms with Gasteiger partial charge in [0.05, 0.1) is 10.9 Å². The molecule has 7 nitrogen and oxygen atoms in total. The number of nitrogens with one attached hydrogen (secondary N) is 1. The highest BCUT2D eigenvalue weighted by atomic mass is 19.1. The first kappa shape index (κ1) is 22.4. The number of nitrogens with zero attached hydrogens (tertiary/aromatic N) is 3. The van der Waals surface area contributed by atoms with Crippen molar-refractivity contribution in [1.82, 2.24) is 19.4 Å². The van der Waals surface area contributed by atoms with Gasteiger partial charge in [-0.2, -0.15) is 0 Å². The Kier molecular flexibility index (Phi) is 7.33. The molecule has 0 saturated heterocycles. The van der Waals surface area contributed by atoms with Gasteiger partial charge in [-0.1, -0.05) is 38.8 Å². The molecule has 2 heterocycles. The highest BCUT2D eigenvalue weighted by Gasteiger charge is 2.19. The van der Waals surface area contributed by atoms with Gasteiger partial charge in [-0.15, -0.1) is 0 Å². The minimum Gasteiger partial charge on any atom is -0.334 e. The molecule has 1 N–H and O–H groups in total. The summed E-state index contributed by atoms with van der Waals surface area (Å²) in [5.74, 6) is -0.592. The van der Waals surface area contributed by atoms with Crippen molar-refractivity contribution in [3.8, 4) is 0 Å². The number of pyridine rings is 1. The zero-order chi connectivity index (χ0) is 22.4. The number of halogens is 1. The van der Waals surface area contributed by atoms with Crippen LogP contribution in [0.5, 0.6) is 0 Å². The smallest absolute Gasteiger partial charge is 0.329 e. The SMILES string of the molecule is CCCCCN(Cc1ccc(F)cc1)C(=O)c1cnc2c(c1)c(=O)[nH]c(=O)n2CCC. The van der Waals surface area contributed by atoms with Gasteiger partial charge >= 0.3 is 5.69 Å². The quantitative estimate of drug-likeness (QED) is 0.531. The zero-order valence-corrected chi connectivity index (χ0v) is 17.9. The highest BCUT2D eigenvalue weighted by Crippen LogP contribution is 2.15. The van der Waals surface area contributed by atoms with Gasteiger partial charge in [0, 0.05) is 25.8 Å². The van der Waals surface area contributed by atoms with E-state index in [-0.39, 0.29) is 28.3 Å². The molecule has 1 amide bonds. The average molecular weight is 426 g/mol. The van der Waals surface area contributed by atoms with Crippen molar-refractivity contribution in [3.05, 3.63) is 74.3 Å². The third kappa shape index (κ3) is 5.25. The average Bonchev–Trinajstić information content (AvgIpc) is 2.76. The molecule has 0 spiro atoms. The molecule has 8 heteroatoms. The summed E-state index contributed by atoms with van der Waals surface area (Å²) in [6.45, 7) is 5.28. The molecule has 0 aliphatic rings. The molecule has 0 fully saturated rings. The van der Waals surface area contributed by atoms with E-state index >= 15 is 0 Å². The Hall–Kier alpha value is -3.29. The number of benzene rings is 1. The van der Waals surface area contributed by atoms with E-state index in [0.717, 1.165) is 24.8 Å². The van der Waals surface area contributed by atoms with Gasteiger partial charge in [-0.25, -0.2) is 14.2 Å². The molecular formula is C23H27FN4O3. The lowest BCUT2D eigenvalue weighted by Crippen LogP contribution is -2.33. The van der Waals surface area contributed by atoms with E-state index in [1.54, 1.807) is 17.0 Å². The largest absolute Gasteiger partial charge is 0.334 e. The van der Waals surface area contributed by atoms with E-state index in [9.17, 15) is 18.8 Å². The number of rotatable bonds is 9. The monoisotopic (exact) mass is 426 g/mol. The fourth-order valence-electron chi connectivity index (χ4n) is 3.51. The molecule has 1 aromatic carbocycles. The van der Waals surface area contributed by atoms with Crippen LogP contribution in [0.2, 0.25) is 0 Å². The van der Waals surface area contributed by atoms with E-state index in [0.29, 0.717) is 26.1 Å². The standard InChI is InChI=1S/C23H27FN4O3/c1-3-5-6-12-27(15-16-7-9-18(24)10-8-16)22(30)17-13-19-20(25-14-17)28(11-4-2)23(31)26-21(19)29/h7-10,13-14H,3-6,11-12,15H2,1-2H3,(H,26,29,31). The fraction of sp³-hybridized carbons (Fsp3) is 0.391. The van der Waals surface area contributed by atoms with Crippen LogP contribution in [0.1, 0.15) is 55.5 Å². The normalized spacial score (nSPS) is 11.1. The molecule has 31 heavy (non-hydrogen) atoms. The van der Waals surface area contributed by atoms with Gasteiger partial charge in [0.25, 0.3) is 11.5 Å². The van der Waals surface area contributed by atoms with Crippen LogP contribution in [0.4, 0.5) is 4.39 Å². The second kappa shape index (κ2) is 10.1. The van der Waals surface area contributed by atoms with E-state index in [1.807, 2.05) is 6.92 Å². The van der Waals surface area contributed by atoms with Gasteiger partial charge in [0.15, 0.2) is 0 Å². The van der Waals surface area contributed by atoms with E-state index in [4.69, 9.17) is 0 Å². The van der Waals surface area contributed by atoms with Crippen molar-refractivity contribution >= 4 is 16.9 Å². The van der Waals surface area contributed by atoms with Gasteiger partial charge in [0.2, 0.25) is 0 Å². The maximum absolute atomic E-state index is 13.3. The maximum atomic E-state index is 13.3. The predicted octanol–water partition coefficient (Wildman–Crippen LogP) is 3.47. The summed E-state index contributed by atoms with van der Waals surface area (Å²) in [5, 5.41) is 0.203. The number of unbranched alkanes of at least 4 members (excludes halogenated alkanes) is 2. The summed E-state index contributed by atoms with van der Waals surface area (Å²) in [5.41, 5.74) is 0.283. The van der Waals surface area contributed by atoms with Gasteiger partial charge in [-0.3, -0.25) is 19.1 Å². The van der Waals surface area contributed by atoms with Crippen molar-refractivity contribution in [1.29, 1.82) is 0 Å². The molecule has 3 rings (SSSR count). The molecule has 0 atom stereocenters. The number of aromatic nitrogens is 3. The maximum Gasteiger partial charge on any atom is 0.329 e. The number of hydrogen-bond donors (Lipinski definition) is 1. The Balaban J connectivity index is 1.96. The summed E-state index contributed by atoms with van der Waals surface area (Å²) >= 11 is 0. The number of aromatic amines is 1. The Morgan fingerprint density at radius 2 is 1.87 bits per heavy atom. The number of H-pyrrole nitrogens is 1. The number of amides is 1. The Bertz CT molecular complexity index is 1170. The second-order valence-electron chi connectivity index (χ2n) is 7.57. The van der Waals surface area contributed by atoms with Crippen molar-refractivity contribution in [2.45, 2.75) is 52.6 Å². The van der Waals surface area contributed by atoms with Crippen LogP contribution in [0.3, 0.4) is 0 Å². The highest BCUT2D eigenvalue weighted by molar-refractivity contribution is 5.96. The molecular weight excluding hydrogens is 399 g/mol. The van der Waals surface area contributed by atoms with Crippen LogP contribution in [-0.2, 0) is 13.1 Å². The van der Waals surface area contributed by atoms with E-state index < -0.39 is 11.2 Å². The number of hydrogen-bond acceptors (Lipinski definition) is 4. The molecule has 0 aliphatic carbocycles. The predicted molar refractivity (Wildman–Crippen MR) is 118 cm³/mol. The van der Waals surface area contributed by atoms with Gasteiger partial charge in [0.1, 0.15) is 11.5 Å². The van der Waals surface area contributed by atoms with Crippen molar-refractivity contribution in [2.75, 3.05) is 6.54 Å². The minimum absolute atomic E-state index is 0.203. The first-order chi connectivity index (χ1) is 14.9. The summed E-state index contributed by atoms with van der Waals surface area (Å²) in [6, 6.07) is 7.54. The molecule has 0 radical (unpaired) electrons. The lowest BCUT2D eigenvalue weighted by Gasteiger charge is -2.23. The number of aryl methyl sites for hydroxylation is 1. The lowest BCUT2D eigenvalue weighted by molar-refractivity contribution is 0.0740. The van der Waals surface area contributed by atoms with Crippen LogP contribution < -0.4 is 11.2 Å². The van der Waals surface area contributed by atoms with Crippen LogP contribution in [0.25, 0.3) is 11.0 Å². The molecule has 0 unspecified atom stereocenters. The molecule has 0 bridgehead atoms. The van der Waals surface area contributed by atoms with Crippen LogP contribution in [0, 0.1) is 5.82 Å². The molecule has 3 aromatic rings. The van der Waals surface area contributed by atoms with Crippen LogP contribution in [-0.4, -0.2) is 31.9 Å². The Morgan fingerprint density at radius 3 is 2.55 bits per heavy atom.